The van der Waals surface area contributed by atoms with Gasteiger partial charge in [0.2, 0.25) is 17.7 Å². The maximum absolute atomic E-state index is 12.7. The normalized spacial score (nSPS) is 11.1. The molecule has 3 aromatic rings. The molecule has 1 atom stereocenters. The number of carbonyl (C=O) groups excluding carboxylic acids is 2. The highest BCUT2D eigenvalue weighted by atomic mass is 16.5. The minimum absolute atomic E-state index is 0.0586. The quantitative estimate of drug-likeness (QED) is 0.536. The first kappa shape index (κ1) is 23.3. The molecule has 0 fully saturated rings. The topological polar surface area (TPSA) is 113 Å². The summed E-state index contributed by atoms with van der Waals surface area (Å²) in [5.74, 6) is 0.921. The summed E-state index contributed by atoms with van der Waals surface area (Å²) in [6.07, 6.45) is 1.61. The summed E-state index contributed by atoms with van der Waals surface area (Å²) in [5, 5.41) is 14.9. The first-order valence-electron chi connectivity index (χ1n) is 10.2. The van der Waals surface area contributed by atoms with Gasteiger partial charge in [-0.25, -0.2) is 4.98 Å². The molecule has 0 bridgehead atoms. The molecule has 0 aliphatic heterocycles. The number of benzene rings is 2. The number of aryl methyl sites for hydroxylation is 1. The molecule has 2 N–H and O–H groups in total. The molecule has 2 amide bonds. The van der Waals surface area contributed by atoms with Gasteiger partial charge in [-0.2, -0.15) is 5.26 Å². The van der Waals surface area contributed by atoms with Crippen molar-refractivity contribution in [3.05, 3.63) is 77.5 Å². The smallest absolute Gasteiger partial charge is 0.237 e. The molecule has 0 aliphatic rings. The fraction of sp³-hybridized carbons (Fsp3) is 0.200. The second-order valence-electron chi connectivity index (χ2n) is 7.33. The summed E-state index contributed by atoms with van der Waals surface area (Å²) >= 11 is 0. The number of anilines is 1. The van der Waals surface area contributed by atoms with Crippen molar-refractivity contribution < 1.29 is 19.1 Å². The maximum atomic E-state index is 12.7. The lowest BCUT2D eigenvalue weighted by Gasteiger charge is -2.19. The SMILES string of the molecule is COc1ccc(C(CC(=O)Nc2ccc(Oc3ncccc3C#N)cc2C)NC(C)=O)cc1. The second kappa shape index (κ2) is 10.8. The van der Waals surface area contributed by atoms with Crippen molar-refractivity contribution in [1.29, 1.82) is 5.26 Å². The first-order chi connectivity index (χ1) is 15.9. The molecule has 3 rings (SSSR count). The summed E-state index contributed by atoms with van der Waals surface area (Å²) in [7, 11) is 1.57. The van der Waals surface area contributed by atoms with Gasteiger partial charge in [-0.05, 0) is 60.5 Å². The van der Waals surface area contributed by atoms with Gasteiger partial charge in [0, 0.05) is 18.8 Å². The number of carbonyl (C=O) groups is 2. The molecule has 0 aliphatic carbocycles. The van der Waals surface area contributed by atoms with Crippen LogP contribution in [-0.2, 0) is 9.59 Å². The van der Waals surface area contributed by atoms with E-state index >= 15 is 0 Å². The Bertz CT molecular complexity index is 1190. The van der Waals surface area contributed by atoms with E-state index < -0.39 is 6.04 Å². The van der Waals surface area contributed by atoms with Crippen LogP contribution >= 0.6 is 0 Å². The molecule has 8 nitrogen and oxygen atoms in total. The molecule has 1 unspecified atom stereocenters. The van der Waals surface area contributed by atoms with Crippen molar-refractivity contribution in [3.63, 3.8) is 0 Å². The van der Waals surface area contributed by atoms with Crippen LogP contribution in [0.2, 0.25) is 0 Å². The highest BCUT2D eigenvalue weighted by molar-refractivity contribution is 5.92. The van der Waals surface area contributed by atoms with Crippen molar-refractivity contribution >= 4 is 17.5 Å². The highest BCUT2D eigenvalue weighted by Crippen LogP contribution is 2.27. The van der Waals surface area contributed by atoms with E-state index in [2.05, 4.69) is 15.6 Å². The van der Waals surface area contributed by atoms with Gasteiger partial charge in [0.1, 0.15) is 23.1 Å². The summed E-state index contributed by atoms with van der Waals surface area (Å²) in [6, 6.07) is 17.2. The largest absolute Gasteiger partial charge is 0.497 e. The molecule has 33 heavy (non-hydrogen) atoms. The van der Waals surface area contributed by atoms with Crippen LogP contribution in [0.15, 0.2) is 60.8 Å². The minimum atomic E-state index is -0.482. The number of hydrogen-bond donors (Lipinski definition) is 2. The fourth-order valence-electron chi connectivity index (χ4n) is 3.23. The zero-order chi connectivity index (χ0) is 23.8. The van der Waals surface area contributed by atoms with Crippen molar-refractivity contribution in [2.24, 2.45) is 0 Å². The van der Waals surface area contributed by atoms with Crippen molar-refractivity contribution in [2.45, 2.75) is 26.3 Å². The Morgan fingerprint density at radius 1 is 1.12 bits per heavy atom. The van der Waals surface area contributed by atoms with Crippen LogP contribution in [0.1, 0.15) is 36.1 Å². The van der Waals surface area contributed by atoms with Crippen LogP contribution in [0, 0.1) is 18.3 Å². The molecule has 0 saturated carbocycles. The maximum Gasteiger partial charge on any atom is 0.237 e. The Morgan fingerprint density at radius 2 is 1.85 bits per heavy atom. The number of nitrogens with one attached hydrogen (secondary N) is 2. The van der Waals surface area contributed by atoms with Gasteiger partial charge in [-0.3, -0.25) is 9.59 Å². The summed E-state index contributed by atoms with van der Waals surface area (Å²) in [4.78, 5) is 28.5. The summed E-state index contributed by atoms with van der Waals surface area (Å²) < 4.78 is 10.9. The molecule has 0 spiro atoms. The minimum Gasteiger partial charge on any atom is -0.497 e. The van der Waals surface area contributed by atoms with Crippen LogP contribution in [0.25, 0.3) is 0 Å². The molecular formula is C25H24N4O4. The van der Waals surface area contributed by atoms with Crippen LogP contribution in [0.5, 0.6) is 17.4 Å². The number of hydrogen-bond acceptors (Lipinski definition) is 6. The van der Waals surface area contributed by atoms with Crippen LogP contribution in [0.4, 0.5) is 5.69 Å². The van der Waals surface area contributed by atoms with Crippen molar-refractivity contribution in [1.82, 2.24) is 10.3 Å². The monoisotopic (exact) mass is 444 g/mol. The Kier molecular flexibility index (Phi) is 7.60. The number of amides is 2. The molecule has 8 heteroatoms. The molecule has 0 saturated heterocycles. The molecule has 0 radical (unpaired) electrons. The molecule has 168 valence electrons. The van der Waals surface area contributed by atoms with Crippen LogP contribution < -0.4 is 20.1 Å². The Balaban J connectivity index is 1.70. The number of methoxy groups -OCH3 is 1. The Hall–Kier alpha value is -4.38. The van der Waals surface area contributed by atoms with Gasteiger partial charge in [-0.1, -0.05) is 12.1 Å². The summed E-state index contributed by atoms with van der Waals surface area (Å²) in [5.41, 5.74) is 2.52. The van der Waals surface area contributed by atoms with E-state index in [4.69, 9.17) is 9.47 Å². The fourth-order valence-corrected chi connectivity index (χ4v) is 3.23. The lowest BCUT2D eigenvalue weighted by atomic mass is 10.0. The molecular weight excluding hydrogens is 420 g/mol. The van der Waals surface area contributed by atoms with Crippen LogP contribution in [-0.4, -0.2) is 23.9 Å². The Morgan fingerprint density at radius 3 is 2.48 bits per heavy atom. The lowest BCUT2D eigenvalue weighted by Crippen LogP contribution is -2.29. The van der Waals surface area contributed by atoms with E-state index in [1.807, 2.05) is 25.1 Å². The van der Waals surface area contributed by atoms with E-state index in [0.717, 1.165) is 11.1 Å². The predicted octanol–water partition coefficient (Wildman–Crippen LogP) is 4.27. The van der Waals surface area contributed by atoms with Gasteiger partial charge in [-0.15, -0.1) is 0 Å². The van der Waals surface area contributed by atoms with E-state index in [9.17, 15) is 14.9 Å². The van der Waals surface area contributed by atoms with Gasteiger partial charge < -0.3 is 20.1 Å². The van der Waals surface area contributed by atoms with Crippen LogP contribution in [0.3, 0.4) is 0 Å². The van der Waals surface area contributed by atoms with E-state index in [-0.39, 0.29) is 24.1 Å². The van der Waals surface area contributed by atoms with Gasteiger partial charge in [0.05, 0.1) is 19.6 Å². The van der Waals surface area contributed by atoms with E-state index in [1.165, 1.54) is 6.92 Å². The van der Waals surface area contributed by atoms with Gasteiger partial charge in [0.25, 0.3) is 0 Å². The second-order valence-corrected chi connectivity index (χ2v) is 7.33. The molecule has 1 heterocycles. The number of nitrogens with zero attached hydrogens (tertiary/aromatic N) is 2. The average molecular weight is 444 g/mol. The number of nitriles is 1. The van der Waals surface area contributed by atoms with E-state index in [0.29, 0.717) is 22.7 Å². The molecule has 2 aromatic carbocycles. The number of aromatic nitrogens is 1. The molecule has 1 aromatic heterocycles. The van der Waals surface area contributed by atoms with Crippen molar-refractivity contribution in [3.8, 4) is 23.4 Å². The number of ether oxygens (including phenoxy) is 2. The summed E-state index contributed by atoms with van der Waals surface area (Å²) in [6.45, 7) is 3.25. The third kappa shape index (κ3) is 6.31. The third-order valence-electron chi connectivity index (χ3n) is 4.86. The lowest BCUT2D eigenvalue weighted by molar-refractivity contribution is -0.120. The predicted molar refractivity (Wildman–Crippen MR) is 123 cm³/mol. The Labute approximate surface area is 192 Å². The first-order valence-corrected chi connectivity index (χ1v) is 10.2. The van der Waals surface area contributed by atoms with Gasteiger partial charge >= 0.3 is 0 Å². The number of pyridine rings is 1. The third-order valence-corrected chi connectivity index (χ3v) is 4.86. The van der Waals surface area contributed by atoms with Crippen molar-refractivity contribution in [2.75, 3.05) is 12.4 Å². The zero-order valence-electron chi connectivity index (χ0n) is 18.6. The van der Waals surface area contributed by atoms with E-state index in [1.54, 1.807) is 55.8 Å². The standard InChI is InChI=1S/C25H24N4O4/c1-16-13-21(33-25-19(15-26)5-4-12-27-25)10-11-22(16)29-24(31)14-23(28-17(2)30)18-6-8-20(32-3)9-7-18/h4-13,23H,14H2,1-3H3,(H,28,30)(H,29,31). The van der Waals surface area contributed by atoms with Gasteiger partial charge in [0.15, 0.2) is 0 Å². The number of rotatable bonds is 8. The highest BCUT2D eigenvalue weighted by Gasteiger charge is 2.18. The average Bonchev–Trinajstić information content (AvgIpc) is 2.80. The zero-order valence-corrected chi connectivity index (χ0v) is 18.6.